The predicted octanol–water partition coefficient (Wildman–Crippen LogP) is 0.946. The molecule has 0 radical (unpaired) electrons. The van der Waals surface area contributed by atoms with Crippen molar-refractivity contribution < 1.29 is 22.3 Å². The first-order valence-electron chi connectivity index (χ1n) is 3.42. The van der Waals surface area contributed by atoms with Gasteiger partial charge in [-0.2, -0.15) is 0 Å². The highest BCUT2D eigenvalue weighted by Crippen LogP contribution is 2.27. The number of pyridine rings is 1. The van der Waals surface area contributed by atoms with E-state index < -0.39 is 37.4 Å². The Hall–Kier alpha value is -1.15. The zero-order valence-corrected chi connectivity index (χ0v) is 8.44. The Morgan fingerprint density at radius 2 is 2.00 bits per heavy atom. The zero-order chi connectivity index (χ0) is 11.8. The molecule has 0 bridgehead atoms. The van der Waals surface area contributed by atoms with Gasteiger partial charge < -0.3 is 10.1 Å². The van der Waals surface area contributed by atoms with Gasteiger partial charge in [0.15, 0.2) is 10.8 Å². The van der Waals surface area contributed by atoms with E-state index in [9.17, 15) is 22.0 Å². The SMILES string of the molecule is O=c1[nH]c(S(=O)(=O)Cl)c(C(F)F)cc1O. The lowest BCUT2D eigenvalue weighted by atomic mass is 10.3. The van der Waals surface area contributed by atoms with Crippen LogP contribution in [0.2, 0.25) is 0 Å². The van der Waals surface area contributed by atoms with Crippen LogP contribution in [0.3, 0.4) is 0 Å². The van der Waals surface area contributed by atoms with Crippen molar-refractivity contribution in [3.05, 3.63) is 22.0 Å². The first-order valence-corrected chi connectivity index (χ1v) is 5.73. The Balaban J connectivity index is 3.64. The van der Waals surface area contributed by atoms with Crippen LogP contribution >= 0.6 is 10.7 Å². The van der Waals surface area contributed by atoms with Crippen LogP contribution in [0.25, 0.3) is 0 Å². The van der Waals surface area contributed by atoms with Crippen molar-refractivity contribution in [2.45, 2.75) is 11.5 Å². The molecule has 1 rings (SSSR count). The van der Waals surface area contributed by atoms with E-state index in [1.165, 1.54) is 0 Å². The van der Waals surface area contributed by atoms with Gasteiger partial charge in [0.1, 0.15) is 0 Å². The molecule has 9 heteroatoms. The van der Waals surface area contributed by atoms with E-state index in [1.54, 1.807) is 4.98 Å². The molecule has 0 unspecified atom stereocenters. The minimum absolute atomic E-state index is 0.360. The number of halogens is 3. The summed E-state index contributed by atoms with van der Waals surface area (Å²) in [6.07, 6.45) is -3.18. The highest BCUT2D eigenvalue weighted by atomic mass is 35.7. The Morgan fingerprint density at radius 3 is 2.40 bits per heavy atom. The molecule has 0 atom stereocenters. The number of hydrogen-bond acceptors (Lipinski definition) is 4. The van der Waals surface area contributed by atoms with E-state index in [0.29, 0.717) is 6.07 Å². The van der Waals surface area contributed by atoms with E-state index in [-0.39, 0.29) is 0 Å². The zero-order valence-electron chi connectivity index (χ0n) is 6.87. The molecule has 0 fully saturated rings. The van der Waals surface area contributed by atoms with Crippen molar-refractivity contribution in [2.75, 3.05) is 0 Å². The van der Waals surface area contributed by atoms with Crippen molar-refractivity contribution in [3.63, 3.8) is 0 Å². The van der Waals surface area contributed by atoms with Crippen molar-refractivity contribution in [2.24, 2.45) is 0 Å². The molecule has 1 heterocycles. The third-order valence-electron chi connectivity index (χ3n) is 1.49. The molecule has 0 aliphatic heterocycles. The minimum Gasteiger partial charge on any atom is -0.503 e. The summed E-state index contributed by atoms with van der Waals surface area (Å²) in [7, 11) is 0.327. The summed E-state index contributed by atoms with van der Waals surface area (Å²) >= 11 is 0. The summed E-state index contributed by atoms with van der Waals surface area (Å²) in [4.78, 5) is 12.3. The van der Waals surface area contributed by atoms with E-state index in [0.717, 1.165) is 0 Å². The van der Waals surface area contributed by atoms with Gasteiger partial charge in [-0.3, -0.25) is 4.79 Å². The van der Waals surface area contributed by atoms with E-state index in [4.69, 9.17) is 15.8 Å². The maximum Gasteiger partial charge on any atom is 0.291 e. The largest absolute Gasteiger partial charge is 0.503 e. The van der Waals surface area contributed by atoms with Gasteiger partial charge in [0.25, 0.3) is 21.0 Å². The molecule has 5 nitrogen and oxygen atoms in total. The molecular formula is C6H4ClF2NO4S. The molecule has 0 aliphatic rings. The molecule has 1 aromatic heterocycles. The molecule has 0 spiro atoms. The molecule has 1 aromatic rings. The van der Waals surface area contributed by atoms with Gasteiger partial charge in [-0.1, -0.05) is 0 Å². The Bertz CT molecular complexity index is 539. The summed E-state index contributed by atoms with van der Waals surface area (Å²) in [5.41, 5.74) is -2.26. The van der Waals surface area contributed by atoms with Crippen molar-refractivity contribution >= 4 is 19.7 Å². The Kier molecular flexibility index (Phi) is 3.00. The van der Waals surface area contributed by atoms with Crippen molar-refractivity contribution in [3.8, 4) is 5.75 Å². The average molecular weight is 260 g/mol. The highest BCUT2D eigenvalue weighted by molar-refractivity contribution is 8.13. The topological polar surface area (TPSA) is 87.2 Å². The molecule has 0 amide bonds. The number of H-pyrrole nitrogens is 1. The first-order chi connectivity index (χ1) is 6.73. The second-order valence-electron chi connectivity index (χ2n) is 2.51. The summed E-state index contributed by atoms with van der Waals surface area (Å²) < 4.78 is 46.2. The molecule has 0 aromatic carbocycles. The smallest absolute Gasteiger partial charge is 0.291 e. The fourth-order valence-electron chi connectivity index (χ4n) is 0.882. The molecule has 2 N–H and O–H groups in total. The third kappa shape index (κ3) is 2.45. The van der Waals surface area contributed by atoms with Gasteiger partial charge in [-0.15, -0.1) is 0 Å². The van der Waals surface area contributed by atoms with Crippen molar-refractivity contribution in [1.29, 1.82) is 0 Å². The number of hydrogen-bond donors (Lipinski definition) is 2. The fraction of sp³-hybridized carbons (Fsp3) is 0.167. The molecule has 0 aliphatic carbocycles. The van der Waals surface area contributed by atoms with Crippen LogP contribution in [-0.2, 0) is 9.05 Å². The van der Waals surface area contributed by atoms with Gasteiger partial charge in [-0.25, -0.2) is 17.2 Å². The monoisotopic (exact) mass is 259 g/mol. The van der Waals surface area contributed by atoms with Crippen LogP contribution in [0.4, 0.5) is 8.78 Å². The number of aromatic hydroxyl groups is 1. The maximum atomic E-state index is 12.3. The highest BCUT2D eigenvalue weighted by Gasteiger charge is 2.24. The number of rotatable bonds is 2. The number of aromatic nitrogens is 1. The van der Waals surface area contributed by atoms with Crippen LogP contribution in [0.15, 0.2) is 15.9 Å². The third-order valence-corrected chi connectivity index (χ3v) is 2.78. The van der Waals surface area contributed by atoms with Gasteiger partial charge in [0, 0.05) is 10.7 Å². The van der Waals surface area contributed by atoms with E-state index >= 15 is 0 Å². The Morgan fingerprint density at radius 1 is 1.47 bits per heavy atom. The lowest BCUT2D eigenvalue weighted by Gasteiger charge is -2.05. The van der Waals surface area contributed by atoms with Crippen LogP contribution in [0.5, 0.6) is 5.75 Å². The van der Waals surface area contributed by atoms with Gasteiger partial charge in [0.2, 0.25) is 0 Å². The molecular weight excluding hydrogens is 256 g/mol. The van der Waals surface area contributed by atoms with Crippen LogP contribution in [-0.4, -0.2) is 18.5 Å². The number of alkyl halides is 2. The molecule has 0 saturated heterocycles. The molecule has 0 saturated carbocycles. The minimum atomic E-state index is -4.49. The summed E-state index contributed by atoms with van der Waals surface area (Å²) in [6.45, 7) is 0. The van der Waals surface area contributed by atoms with Gasteiger partial charge in [-0.05, 0) is 6.07 Å². The summed E-state index contributed by atoms with van der Waals surface area (Å²) in [5.74, 6) is -1.01. The van der Waals surface area contributed by atoms with Crippen molar-refractivity contribution in [1.82, 2.24) is 4.98 Å². The summed E-state index contributed by atoms with van der Waals surface area (Å²) in [5, 5.41) is 7.71. The van der Waals surface area contributed by atoms with Gasteiger partial charge in [0.05, 0.1) is 5.56 Å². The fourth-order valence-corrected chi connectivity index (χ4v) is 1.91. The second kappa shape index (κ2) is 3.78. The lowest BCUT2D eigenvalue weighted by Crippen LogP contribution is -2.13. The second-order valence-corrected chi connectivity index (χ2v) is 5.01. The molecule has 84 valence electrons. The quantitative estimate of drug-likeness (QED) is 0.774. The normalized spacial score (nSPS) is 12.0. The Labute approximate surface area is 86.7 Å². The number of nitrogens with one attached hydrogen (secondary N) is 1. The lowest BCUT2D eigenvalue weighted by molar-refractivity contribution is 0.146. The predicted molar refractivity (Wildman–Crippen MR) is 46.7 cm³/mol. The van der Waals surface area contributed by atoms with Crippen LogP contribution < -0.4 is 5.56 Å². The van der Waals surface area contributed by atoms with Gasteiger partial charge >= 0.3 is 0 Å². The summed E-state index contributed by atoms with van der Waals surface area (Å²) in [6, 6.07) is 0.360. The standard InChI is InChI=1S/C6H4ClF2NO4S/c7-15(13,14)6-2(4(8)9)1-3(11)5(12)10-6/h1,4,11H,(H,10,12). The molecule has 15 heavy (non-hydrogen) atoms. The van der Waals surface area contributed by atoms with Crippen LogP contribution in [0, 0.1) is 0 Å². The average Bonchev–Trinajstić information content (AvgIpc) is 2.06. The van der Waals surface area contributed by atoms with E-state index in [1.807, 2.05) is 0 Å². The van der Waals surface area contributed by atoms with E-state index in [2.05, 4.69) is 0 Å². The first kappa shape index (κ1) is 11.9. The number of aromatic amines is 1. The van der Waals surface area contributed by atoms with Crippen LogP contribution in [0.1, 0.15) is 12.0 Å². The maximum absolute atomic E-state index is 12.3.